The second-order valence-corrected chi connectivity index (χ2v) is 4.57. The van der Waals surface area contributed by atoms with Crippen LogP contribution >= 0.6 is 0 Å². The first-order valence-electron chi connectivity index (χ1n) is 5.50. The van der Waals surface area contributed by atoms with Crippen LogP contribution in [-0.2, 0) is 19.6 Å². The topological polar surface area (TPSA) is 49.5 Å². The van der Waals surface area contributed by atoms with Gasteiger partial charge in [0.2, 0.25) is 0 Å². The maximum atomic E-state index is 9.11. The van der Waals surface area contributed by atoms with Gasteiger partial charge in [0, 0.05) is 31.6 Å². The van der Waals surface area contributed by atoms with E-state index in [9.17, 15) is 0 Å². The standard InChI is InChI=1S/C11H18N2O2/c1-8(2)5-13-4-3-11-9(6-13)10(7-14)12-15-11/h8,14H,3-7H2,1-2H3. The molecule has 0 spiro atoms. The summed E-state index contributed by atoms with van der Waals surface area (Å²) in [6.07, 6.45) is 0.912. The van der Waals surface area contributed by atoms with Crippen LogP contribution in [0.1, 0.15) is 30.9 Å². The monoisotopic (exact) mass is 210 g/mol. The molecule has 2 rings (SSSR count). The Morgan fingerprint density at radius 1 is 1.53 bits per heavy atom. The van der Waals surface area contributed by atoms with Gasteiger partial charge in [-0.15, -0.1) is 0 Å². The van der Waals surface area contributed by atoms with Gasteiger partial charge in [0.15, 0.2) is 0 Å². The Morgan fingerprint density at radius 2 is 2.33 bits per heavy atom. The number of hydrogen-bond donors (Lipinski definition) is 1. The molecule has 0 fully saturated rings. The Morgan fingerprint density at radius 3 is 3.00 bits per heavy atom. The highest BCUT2D eigenvalue weighted by Gasteiger charge is 2.23. The van der Waals surface area contributed by atoms with E-state index in [4.69, 9.17) is 9.63 Å². The van der Waals surface area contributed by atoms with Gasteiger partial charge in [-0.25, -0.2) is 0 Å². The zero-order valence-electron chi connectivity index (χ0n) is 9.36. The Kier molecular flexibility index (Phi) is 3.07. The van der Waals surface area contributed by atoms with Gasteiger partial charge < -0.3 is 9.63 Å². The van der Waals surface area contributed by atoms with Crippen LogP contribution in [0.15, 0.2) is 4.52 Å². The van der Waals surface area contributed by atoms with Gasteiger partial charge in [-0.3, -0.25) is 4.90 Å². The first-order chi connectivity index (χ1) is 7.20. The molecule has 0 aromatic carbocycles. The lowest BCUT2D eigenvalue weighted by molar-refractivity contribution is 0.212. The molecule has 4 nitrogen and oxygen atoms in total. The Bertz CT molecular complexity index is 320. The van der Waals surface area contributed by atoms with Crippen molar-refractivity contribution in [1.82, 2.24) is 10.1 Å². The average Bonchev–Trinajstić information content (AvgIpc) is 2.59. The third-order valence-electron chi connectivity index (χ3n) is 2.76. The summed E-state index contributed by atoms with van der Waals surface area (Å²) in [4.78, 5) is 2.39. The number of fused-ring (bicyclic) bond motifs is 1. The number of aliphatic hydroxyl groups is 1. The summed E-state index contributed by atoms with van der Waals surface area (Å²) in [7, 11) is 0. The molecule has 0 radical (unpaired) electrons. The molecule has 0 saturated heterocycles. The van der Waals surface area contributed by atoms with Gasteiger partial charge in [0.05, 0.1) is 6.61 Å². The lowest BCUT2D eigenvalue weighted by Gasteiger charge is -2.27. The molecule has 15 heavy (non-hydrogen) atoms. The van der Waals surface area contributed by atoms with Crippen molar-refractivity contribution < 1.29 is 9.63 Å². The molecule has 1 aliphatic heterocycles. The fraction of sp³-hybridized carbons (Fsp3) is 0.727. The molecule has 0 amide bonds. The van der Waals surface area contributed by atoms with Crippen LogP contribution in [0, 0.1) is 5.92 Å². The van der Waals surface area contributed by atoms with Crippen LogP contribution in [0.4, 0.5) is 0 Å². The minimum Gasteiger partial charge on any atom is -0.390 e. The van der Waals surface area contributed by atoms with Crippen molar-refractivity contribution in [3.8, 4) is 0 Å². The summed E-state index contributed by atoms with van der Waals surface area (Å²) in [5.41, 5.74) is 1.81. The zero-order valence-corrected chi connectivity index (χ0v) is 9.36. The third kappa shape index (κ3) is 2.21. The molecule has 84 valence electrons. The molecule has 1 N–H and O–H groups in total. The lowest BCUT2D eigenvalue weighted by atomic mass is 10.0. The molecular formula is C11H18N2O2. The van der Waals surface area contributed by atoms with Crippen molar-refractivity contribution in [2.45, 2.75) is 33.4 Å². The highest BCUT2D eigenvalue weighted by molar-refractivity contribution is 5.24. The van der Waals surface area contributed by atoms with E-state index in [-0.39, 0.29) is 6.61 Å². The number of nitrogens with zero attached hydrogens (tertiary/aromatic N) is 2. The van der Waals surface area contributed by atoms with E-state index < -0.39 is 0 Å². The molecule has 0 aliphatic carbocycles. The molecule has 0 saturated carbocycles. The summed E-state index contributed by atoms with van der Waals surface area (Å²) >= 11 is 0. The van der Waals surface area contributed by atoms with E-state index in [0.29, 0.717) is 11.6 Å². The first-order valence-corrected chi connectivity index (χ1v) is 5.50. The Balaban J connectivity index is 2.10. The second-order valence-electron chi connectivity index (χ2n) is 4.57. The maximum Gasteiger partial charge on any atom is 0.142 e. The summed E-state index contributed by atoms with van der Waals surface area (Å²) in [6, 6.07) is 0. The number of aromatic nitrogens is 1. The van der Waals surface area contributed by atoms with E-state index >= 15 is 0 Å². The largest absolute Gasteiger partial charge is 0.390 e. The first kappa shape index (κ1) is 10.6. The van der Waals surface area contributed by atoms with E-state index in [1.54, 1.807) is 0 Å². The van der Waals surface area contributed by atoms with Crippen LogP contribution in [-0.4, -0.2) is 28.3 Å². The normalized spacial score (nSPS) is 17.1. The third-order valence-corrected chi connectivity index (χ3v) is 2.76. The number of hydrogen-bond acceptors (Lipinski definition) is 4. The minimum absolute atomic E-state index is 0.0195. The molecule has 1 aliphatic rings. The fourth-order valence-corrected chi connectivity index (χ4v) is 2.12. The minimum atomic E-state index is -0.0195. The number of rotatable bonds is 3. The van der Waals surface area contributed by atoms with Crippen molar-refractivity contribution in [2.24, 2.45) is 5.92 Å². The lowest BCUT2D eigenvalue weighted by Crippen LogP contribution is -2.33. The Labute approximate surface area is 89.9 Å². The van der Waals surface area contributed by atoms with Gasteiger partial charge in [-0.05, 0) is 5.92 Å². The van der Waals surface area contributed by atoms with Crippen LogP contribution in [0.3, 0.4) is 0 Å². The molecule has 4 heteroatoms. The van der Waals surface area contributed by atoms with Crippen molar-refractivity contribution in [1.29, 1.82) is 0 Å². The highest BCUT2D eigenvalue weighted by atomic mass is 16.5. The van der Waals surface area contributed by atoms with Gasteiger partial charge in [-0.1, -0.05) is 19.0 Å². The summed E-state index contributed by atoms with van der Waals surface area (Å²) < 4.78 is 5.19. The van der Waals surface area contributed by atoms with Crippen molar-refractivity contribution in [3.63, 3.8) is 0 Å². The van der Waals surface area contributed by atoms with E-state index in [0.717, 1.165) is 37.4 Å². The molecule has 0 unspecified atom stereocenters. The SMILES string of the molecule is CC(C)CN1CCc2onc(CO)c2C1. The summed E-state index contributed by atoms with van der Waals surface area (Å²) in [6.45, 7) is 7.41. The molecule has 0 bridgehead atoms. The quantitative estimate of drug-likeness (QED) is 0.814. The summed E-state index contributed by atoms with van der Waals surface area (Å²) in [5.74, 6) is 1.63. The maximum absolute atomic E-state index is 9.11. The predicted octanol–water partition coefficient (Wildman–Crippen LogP) is 1.18. The van der Waals surface area contributed by atoms with Gasteiger partial charge in [0.1, 0.15) is 11.5 Å². The van der Waals surface area contributed by atoms with Crippen LogP contribution in [0.25, 0.3) is 0 Å². The van der Waals surface area contributed by atoms with Crippen LogP contribution < -0.4 is 0 Å². The highest BCUT2D eigenvalue weighted by Crippen LogP contribution is 2.22. The van der Waals surface area contributed by atoms with E-state index in [2.05, 4.69) is 23.9 Å². The second kappa shape index (κ2) is 4.33. The van der Waals surface area contributed by atoms with Crippen LogP contribution in [0.2, 0.25) is 0 Å². The van der Waals surface area contributed by atoms with Gasteiger partial charge >= 0.3 is 0 Å². The van der Waals surface area contributed by atoms with Gasteiger partial charge in [-0.2, -0.15) is 0 Å². The van der Waals surface area contributed by atoms with Crippen molar-refractivity contribution >= 4 is 0 Å². The smallest absolute Gasteiger partial charge is 0.142 e. The fourth-order valence-electron chi connectivity index (χ4n) is 2.12. The molecule has 0 atom stereocenters. The molecule has 1 aromatic rings. The van der Waals surface area contributed by atoms with Gasteiger partial charge in [0.25, 0.3) is 0 Å². The predicted molar refractivity (Wildman–Crippen MR) is 56.2 cm³/mol. The molecule has 1 aromatic heterocycles. The average molecular weight is 210 g/mol. The van der Waals surface area contributed by atoms with Crippen molar-refractivity contribution in [2.75, 3.05) is 13.1 Å². The van der Waals surface area contributed by atoms with E-state index in [1.807, 2.05) is 0 Å². The van der Waals surface area contributed by atoms with Crippen molar-refractivity contribution in [3.05, 3.63) is 17.0 Å². The molecular weight excluding hydrogens is 192 g/mol. The van der Waals surface area contributed by atoms with Crippen LogP contribution in [0.5, 0.6) is 0 Å². The van der Waals surface area contributed by atoms with E-state index in [1.165, 1.54) is 0 Å². The zero-order chi connectivity index (χ0) is 10.8. The molecule has 2 heterocycles. The summed E-state index contributed by atoms with van der Waals surface area (Å²) in [5, 5.41) is 13.0. The Hall–Kier alpha value is -0.870. The number of aliphatic hydroxyl groups excluding tert-OH is 1.